The predicted octanol–water partition coefficient (Wildman–Crippen LogP) is 4.66. The molecule has 22 heavy (non-hydrogen) atoms. The van der Waals surface area contributed by atoms with Crippen LogP contribution >= 0.6 is 15.9 Å². The number of hydrogen-bond acceptors (Lipinski definition) is 1. The second-order valence-corrected chi connectivity index (χ2v) is 6.23. The highest BCUT2D eigenvalue weighted by molar-refractivity contribution is 9.08. The summed E-state index contributed by atoms with van der Waals surface area (Å²) in [6, 6.07) is 16.6. The molecule has 0 saturated heterocycles. The average molecular weight is 356 g/mol. The first-order valence-electron chi connectivity index (χ1n) is 7.37. The molecule has 2 nitrogen and oxygen atoms in total. The first kappa shape index (κ1) is 15.0. The van der Waals surface area contributed by atoms with Gasteiger partial charge in [-0.05, 0) is 41.6 Å². The quantitative estimate of drug-likeness (QED) is 0.610. The van der Waals surface area contributed by atoms with Gasteiger partial charge in [0.05, 0.1) is 6.54 Å². The minimum Gasteiger partial charge on any atom is -0.340 e. The number of rotatable bonds is 5. The monoisotopic (exact) mass is 355 g/mol. The maximum Gasteiger partial charge on any atom is 0.156 e. The summed E-state index contributed by atoms with van der Waals surface area (Å²) in [5.74, 6) is 0.228. The standard InChI is InChI=1S/C19H18BrNO/c1-14-2-4-15(5-3-14)11-18(22)13-21-9-8-17-10-16(12-20)6-7-19(17)21/h2-10H,11-13H2,1H3. The van der Waals surface area contributed by atoms with Gasteiger partial charge >= 0.3 is 0 Å². The summed E-state index contributed by atoms with van der Waals surface area (Å²) in [5, 5.41) is 2.03. The van der Waals surface area contributed by atoms with Crippen molar-refractivity contribution < 1.29 is 4.79 Å². The molecule has 0 aliphatic rings. The summed E-state index contributed by atoms with van der Waals surface area (Å²) < 4.78 is 2.03. The number of carbonyl (C=O) groups excluding carboxylic acids is 1. The van der Waals surface area contributed by atoms with Crippen LogP contribution in [0.1, 0.15) is 16.7 Å². The van der Waals surface area contributed by atoms with Gasteiger partial charge in [0.25, 0.3) is 0 Å². The van der Waals surface area contributed by atoms with E-state index in [1.807, 2.05) is 22.9 Å². The number of aromatic nitrogens is 1. The molecule has 1 aromatic heterocycles. The normalized spacial score (nSPS) is 11.0. The molecule has 0 amide bonds. The lowest BCUT2D eigenvalue weighted by molar-refractivity contribution is -0.118. The van der Waals surface area contributed by atoms with E-state index < -0.39 is 0 Å². The second-order valence-electron chi connectivity index (χ2n) is 5.67. The van der Waals surface area contributed by atoms with Crippen LogP contribution in [0.25, 0.3) is 10.9 Å². The summed E-state index contributed by atoms with van der Waals surface area (Å²) in [6.07, 6.45) is 2.48. The zero-order valence-corrected chi connectivity index (χ0v) is 14.1. The number of fused-ring (bicyclic) bond motifs is 1. The Morgan fingerprint density at radius 3 is 2.50 bits per heavy atom. The number of aryl methyl sites for hydroxylation is 1. The van der Waals surface area contributed by atoms with Crippen LogP contribution in [0.15, 0.2) is 54.7 Å². The molecule has 3 aromatic rings. The van der Waals surface area contributed by atoms with E-state index in [4.69, 9.17) is 0 Å². The highest BCUT2D eigenvalue weighted by Crippen LogP contribution is 2.19. The molecule has 0 atom stereocenters. The second kappa shape index (κ2) is 6.49. The molecule has 3 rings (SSSR count). The first-order valence-corrected chi connectivity index (χ1v) is 8.49. The number of benzene rings is 2. The Morgan fingerprint density at radius 1 is 1.05 bits per heavy atom. The molecule has 0 unspecified atom stereocenters. The fourth-order valence-electron chi connectivity index (χ4n) is 2.65. The van der Waals surface area contributed by atoms with Gasteiger partial charge in [-0.3, -0.25) is 4.79 Å². The fourth-order valence-corrected chi connectivity index (χ4v) is 3.00. The molecule has 0 saturated carbocycles. The van der Waals surface area contributed by atoms with Crippen LogP contribution < -0.4 is 0 Å². The highest BCUT2D eigenvalue weighted by atomic mass is 79.9. The molecule has 112 valence electrons. The smallest absolute Gasteiger partial charge is 0.156 e. The third-order valence-electron chi connectivity index (χ3n) is 3.86. The molecule has 0 radical (unpaired) electrons. The first-order chi connectivity index (χ1) is 10.7. The van der Waals surface area contributed by atoms with Gasteiger partial charge < -0.3 is 4.57 Å². The number of nitrogens with zero attached hydrogens (tertiary/aromatic N) is 1. The van der Waals surface area contributed by atoms with Crippen molar-refractivity contribution in [2.24, 2.45) is 0 Å². The largest absolute Gasteiger partial charge is 0.340 e. The van der Waals surface area contributed by atoms with E-state index in [2.05, 4.69) is 59.3 Å². The van der Waals surface area contributed by atoms with E-state index in [1.165, 1.54) is 16.5 Å². The summed E-state index contributed by atoms with van der Waals surface area (Å²) in [5.41, 5.74) is 4.65. The number of hydrogen-bond donors (Lipinski definition) is 0. The van der Waals surface area contributed by atoms with Gasteiger partial charge in [0, 0.05) is 23.5 Å². The van der Waals surface area contributed by atoms with Crippen molar-refractivity contribution in [3.8, 4) is 0 Å². The van der Waals surface area contributed by atoms with Crippen molar-refractivity contribution in [1.82, 2.24) is 4.57 Å². The number of alkyl halides is 1. The Labute approximate surface area is 138 Å². The molecule has 0 bridgehead atoms. The Bertz CT molecular complexity index is 802. The van der Waals surface area contributed by atoms with Crippen LogP contribution in [0, 0.1) is 6.92 Å². The van der Waals surface area contributed by atoms with Gasteiger partial charge in [0.1, 0.15) is 0 Å². The molecule has 0 N–H and O–H groups in total. The topological polar surface area (TPSA) is 22.0 Å². The zero-order chi connectivity index (χ0) is 15.5. The van der Waals surface area contributed by atoms with Gasteiger partial charge in [-0.15, -0.1) is 0 Å². The third-order valence-corrected chi connectivity index (χ3v) is 4.51. The molecular weight excluding hydrogens is 338 g/mol. The van der Waals surface area contributed by atoms with E-state index in [9.17, 15) is 4.79 Å². The van der Waals surface area contributed by atoms with Gasteiger partial charge in [-0.2, -0.15) is 0 Å². The minimum atomic E-state index is 0.228. The van der Waals surface area contributed by atoms with Crippen molar-refractivity contribution in [2.45, 2.75) is 25.2 Å². The minimum absolute atomic E-state index is 0.228. The maximum atomic E-state index is 12.3. The molecule has 0 spiro atoms. The van der Waals surface area contributed by atoms with E-state index in [0.29, 0.717) is 13.0 Å². The van der Waals surface area contributed by atoms with Gasteiger partial charge in [0.15, 0.2) is 5.78 Å². The lowest BCUT2D eigenvalue weighted by Gasteiger charge is -2.06. The van der Waals surface area contributed by atoms with Crippen LogP contribution in [0.3, 0.4) is 0 Å². The molecule has 0 aliphatic heterocycles. The summed E-state index contributed by atoms with van der Waals surface area (Å²) in [6.45, 7) is 2.48. The molecule has 3 heteroatoms. The summed E-state index contributed by atoms with van der Waals surface area (Å²) >= 11 is 3.47. The molecule has 1 heterocycles. The lowest BCUT2D eigenvalue weighted by Crippen LogP contribution is -2.11. The van der Waals surface area contributed by atoms with E-state index in [0.717, 1.165) is 16.4 Å². The summed E-state index contributed by atoms with van der Waals surface area (Å²) in [7, 11) is 0. The Morgan fingerprint density at radius 2 is 1.77 bits per heavy atom. The number of ketones is 1. The lowest BCUT2D eigenvalue weighted by atomic mass is 10.1. The predicted molar refractivity (Wildman–Crippen MR) is 94.5 cm³/mol. The van der Waals surface area contributed by atoms with Crippen molar-refractivity contribution in [1.29, 1.82) is 0 Å². The van der Waals surface area contributed by atoms with Crippen molar-refractivity contribution in [3.63, 3.8) is 0 Å². The van der Waals surface area contributed by atoms with Crippen molar-refractivity contribution in [3.05, 3.63) is 71.4 Å². The van der Waals surface area contributed by atoms with Crippen LogP contribution in [0.5, 0.6) is 0 Å². The van der Waals surface area contributed by atoms with E-state index in [-0.39, 0.29) is 5.78 Å². The van der Waals surface area contributed by atoms with Crippen LogP contribution in [0.2, 0.25) is 0 Å². The number of halogens is 1. The Hall–Kier alpha value is -1.87. The van der Waals surface area contributed by atoms with Crippen molar-refractivity contribution >= 4 is 32.6 Å². The third kappa shape index (κ3) is 3.30. The van der Waals surface area contributed by atoms with E-state index in [1.54, 1.807) is 0 Å². The molecule has 0 fully saturated rings. The SMILES string of the molecule is Cc1ccc(CC(=O)Cn2ccc3cc(CBr)ccc32)cc1. The van der Waals surface area contributed by atoms with Crippen LogP contribution in [0.4, 0.5) is 0 Å². The number of Topliss-reactive ketones (excluding diaryl/α,β-unsaturated/α-hetero) is 1. The Balaban J connectivity index is 1.75. The maximum absolute atomic E-state index is 12.3. The molecular formula is C19H18BrNO. The highest BCUT2D eigenvalue weighted by Gasteiger charge is 2.08. The van der Waals surface area contributed by atoms with Gasteiger partial charge in [-0.1, -0.05) is 51.8 Å². The summed E-state index contributed by atoms with van der Waals surface area (Å²) in [4.78, 5) is 12.3. The molecule has 0 aliphatic carbocycles. The number of carbonyl (C=O) groups is 1. The van der Waals surface area contributed by atoms with Crippen LogP contribution in [-0.2, 0) is 23.1 Å². The van der Waals surface area contributed by atoms with E-state index >= 15 is 0 Å². The van der Waals surface area contributed by atoms with Gasteiger partial charge in [-0.25, -0.2) is 0 Å². The Kier molecular flexibility index (Phi) is 4.44. The fraction of sp³-hybridized carbons (Fsp3) is 0.211. The molecule has 2 aromatic carbocycles. The van der Waals surface area contributed by atoms with Crippen molar-refractivity contribution in [2.75, 3.05) is 0 Å². The average Bonchev–Trinajstić information content (AvgIpc) is 2.91. The zero-order valence-electron chi connectivity index (χ0n) is 12.6. The van der Waals surface area contributed by atoms with Crippen LogP contribution in [-0.4, -0.2) is 10.4 Å². The van der Waals surface area contributed by atoms with Gasteiger partial charge in [0.2, 0.25) is 0 Å².